The zero-order chi connectivity index (χ0) is 31.4. The molecule has 0 aliphatic heterocycles. The molecule has 0 heterocycles. The maximum atomic E-state index is 13.6. The van der Waals surface area contributed by atoms with Crippen molar-refractivity contribution in [2.45, 2.75) is 81.6 Å². The van der Waals surface area contributed by atoms with Gasteiger partial charge in [0.05, 0.1) is 11.3 Å². The minimum absolute atomic E-state index is 0.0492. The van der Waals surface area contributed by atoms with Gasteiger partial charge < -0.3 is 25.2 Å². The highest BCUT2D eigenvalue weighted by Gasteiger charge is 2.38. The van der Waals surface area contributed by atoms with E-state index in [-0.39, 0.29) is 12.5 Å². The van der Waals surface area contributed by atoms with Crippen LogP contribution in [-0.2, 0) is 25.7 Å². The fourth-order valence-corrected chi connectivity index (χ4v) is 5.60. The molecule has 2 amide bonds. The summed E-state index contributed by atoms with van der Waals surface area (Å²) in [6.45, 7) is 9.10. The molecule has 3 rings (SSSR count). The molecule has 9 heteroatoms. The van der Waals surface area contributed by atoms with Crippen molar-refractivity contribution in [2.24, 2.45) is 5.92 Å². The quantitative estimate of drug-likeness (QED) is 0.160. The van der Waals surface area contributed by atoms with E-state index in [0.29, 0.717) is 6.42 Å². The number of amides is 2. The number of aliphatic hydroxyl groups is 1. The van der Waals surface area contributed by atoms with E-state index in [4.69, 9.17) is 9.47 Å². The average Bonchev–Trinajstić information content (AvgIpc) is 2.97. The molecule has 3 aromatic carbocycles. The fraction of sp³-hybridized carbons (Fsp3) is 0.382. The highest BCUT2D eigenvalue weighted by molar-refractivity contribution is 7.99. The second-order valence-corrected chi connectivity index (χ2v) is 12.9. The van der Waals surface area contributed by atoms with Gasteiger partial charge in [0.1, 0.15) is 18.2 Å². The van der Waals surface area contributed by atoms with Gasteiger partial charge in [0.25, 0.3) is 5.91 Å². The van der Waals surface area contributed by atoms with Crippen LogP contribution in [0.15, 0.2) is 95.9 Å². The van der Waals surface area contributed by atoms with Gasteiger partial charge in [-0.25, -0.2) is 9.59 Å². The van der Waals surface area contributed by atoms with Crippen molar-refractivity contribution in [3.05, 3.63) is 102 Å². The Kier molecular flexibility index (Phi) is 12.6. The van der Waals surface area contributed by atoms with Crippen LogP contribution in [0.25, 0.3) is 0 Å². The number of hydrogen-bond donors (Lipinski definition) is 3. The standard InChI is InChI=1S/C34H42N2O6S/c1-23(2)21-27(32(39)41-22-24-15-9-6-10-16-24)35-31(38)29(37)28(36-33(40)42-34(3,4)5)30(25-17-11-7-12-18-25)43-26-19-13-8-14-20-26/h6-20,23,27-30,37H,21-22H2,1-5H3,(H,35,38)(H,36,40)/t27-,28-,29-,30-/m0/s1. The lowest BCUT2D eigenvalue weighted by atomic mass is 9.98. The number of carbonyl (C=O) groups is 3. The number of nitrogens with one attached hydrogen (secondary N) is 2. The van der Waals surface area contributed by atoms with Crippen LogP contribution >= 0.6 is 11.8 Å². The first kappa shape index (κ1) is 33.7. The summed E-state index contributed by atoms with van der Waals surface area (Å²) in [4.78, 5) is 40.6. The highest BCUT2D eigenvalue weighted by Crippen LogP contribution is 2.39. The van der Waals surface area contributed by atoms with Crippen LogP contribution in [0.1, 0.15) is 57.4 Å². The average molecular weight is 607 g/mol. The van der Waals surface area contributed by atoms with Crippen LogP contribution in [0, 0.1) is 5.92 Å². The third-order valence-electron chi connectivity index (χ3n) is 6.28. The van der Waals surface area contributed by atoms with Crippen molar-refractivity contribution in [1.82, 2.24) is 10.6 Å². The van der Waals surface area contributed by atoms with Gasteiger partial charge in [0.15, 0.2) is 6.10 Å². The second-order valence-electron chi connectivity index (χ2n) is 11.7. The molecule has 43 heavy (non-hydrogen) atoms. The normalized spacial score (nSPS) is 14.2. The monoisotopic (exact) mass is 606 g/mol. The van der Waals surface area contributed by atoms with E-state index in [0.717, 1.165) is 16.0 Å². The first-order valence-electron chi connectivity index (χ1n) is 14.4. The molecule has 0 spiro atoms. The first-order valence-corrected chi connectivity index (χ1v) is 15.3. The molecule has 0 aromatic heterocycles. The summed E-state index contributed by atoms with van der Waals surface area (Å²) >= 11 is 1.40. The van der Waals surface area contributed by atoms with Gasteiger partial charge in [0, 0.05) is 4.90 Å². The van der Waals surface area contributed by atoms with Gasteiger partial charge in [-0.05, 0) is 56.4 Å². The molecular formula is C34H42N2O6S. The molecule has 0 aliphatic carbocycles. The van der Waals surface area contributed by atoms with Crippen molar-refractivity contribution in [1.29, 1.82) is 0 Å². The molecule has 0 saturated heterocycles. The second kappa shape index (κ2) is 16.1. The summed E-state index contributed by atoms with van der Waals surface area (Å²) in [5.41, 5.74) is 0.794. The largest absolute Gasteiger partial charge is 0.459 e. The number of ether oxygens (including phenoxy) is 2. The van der Waals surface area contributed by atoms with Gasteiger partial charge in [-0.2, -0.15) is 0 Å². The Labute approximate surface area is 258 Å². The summed E-state index contributed by atoms with van der Waals surface area (Å²) in [6.07, 6.45) is -2.21. The van der Waals surface area contributed by atoms with Crippen molar-refractivity contribution < 1.29 is 29.0 Å². The van der Waals surface area contributed by atoms with Crippen LogP contribution in [-0.4, -0.2) is 46.9 Å². The number of hydrogen-bond acceptors (Lipinski definition) is 7. The summed E-state index contributed by atoms with van der Waals surface area (Å²) < 4.78 is 11.0. The number of thioether (sulfide) groups is 1. The molecule has 0 fully saturated rings. The number of benzene rings is 3. The minimum atomic E-state index is -1.73. The maximum Gasteiger partial charge on any atom is 0.408 e. The molecule has 3 aromatic rings. The number of rotatable bonds is 13. The third kappa shape index (κ3) is 11.4. The Morgan fingerprint density at radius 2 is 1.40 bits per heavy atom. The predicted octanol–water partition coefficient (Wildman–Crippen LogP) is 6.05. The van der Waals surface area contributed by atoms with Crippen molar-refractivity contribution in [3.63, 3.8) is 0 Å². The smallest absolute Gasteiger partial charge is 0.408 e. The van der Waals surface area contributed by atoms with E-state index < -0.39 is 47.0 Å². The van der Waals surface area contributed by atoms with E-state index in [1.165, 1.54) is 11.8 Å². The Hall–Kier alpha value is -3.82. The molecule has 0 aliphatic rings. The van der Waals surface area contributed by atoms with Gasteiger partial charge in [0.2, 0.25) is 0 Å². The number of carbonyl (C=O) groups excluding carboxylic acids is 3. The molecule has 3 N–H and O–H groups in total. The highest BCUT2D eigenvalue weighted by atomic mass is 32.2. The Morgan fingerprint density at radius 3 is 1.95 bits per heavy atom. The van der Waals surface area contributed by atoms with Crippen molar-refractivity contribution in [3.8, 4) is 0 Å². The van der Waals surface area contributed by atoms with Crippen molar-refractivity contribution >= 4 is 29.7 Å². The Balaban J connectivity index is 1.89. The number of aliphatic hydroxyl groups excluding tert-OH is 1. The van der Waals surface area contributed by atoms with E-state index >= 15 is 0 Å². The van der Waals surface area contributed by atoms with Crippen LogP contribution in [0.5, 0.6) is 0 Å². The van der Waals surface area contributed by atoms with Gasteiger partial charge in [-0.3, -0.25) is 4.79 Å². The molecular weight excluding hydrogens is 564 g/mol. The molecule has 0 unspecified atom stereocenters. The van der Waals surface area contributed by atoms with Crippen LogP contribution in [0.3, 0.4) is 0 Å². The summed E-state index contributed by atoms with van der Waals surface area (Å²) in [5.74, 6) is -1.36. The minimum Gasteiger partial charge on any atom is -0.459 e. The molecule has 230 valence electrons. The van der Waals surface area contributed by atoms with Crippen LogP contribution < -0.4 is 10.6 Å². The zero-order valence-corrected chi connectivity index (χ0v) is 26.2. The lowest BCUT2D eigenvalue weighted by Gasteiger charge is -2.32. The van der Waals surface area contributed by atoms with E-state index in [9.17, 15) is 19.5 Å². The Bertz CT molecular complexity index is 1300. The lowest BCUT2D eigenvalue weighted by Crippen LogP contribution is -2.56. The first-order chi connectivity index (χ1) is 20.4. The van der Waals surface area contributed by atoms with Gasteiger partial charge in [-0.1, -0.05) is 92.7 Å². The van der Waals surface area contributed by atoms with Crippen LogP contribution in [0.2, 0.25) is 0 Å². The molecule has 0 bridgehead atoms. The zero-order valence-electron chi connectivity index (χ0n) is 25.4. The lowest BCUT2D eigenvalue weighted by molar-refractivity contribution is -0.150. The summed E-state index contributed by atoms with van der Waals surface area (Å²) in [7, 11) is 0. The van der Waals surface area contributed by atoms with Gasteiger partial charge >= 0.3 is 12.1 Å². The van der Waals surface area contributed by atoms with E-state index in [1.54, 1.807) is 20.8 Å². The Morgan fingerprint density at radius 1 is 0.837 bits per heavy atom. The summed E-state index contributed by atoms with van der Waals surface area (Å²) in [6, 6.07) is 26.0. The van der Waals surface area contributed by atoms with E-state index in [2.05, 4.69) is 10.6 Å². The SMILES string of the molecule is CC(C)C[C@H](NC(=O)[C@@H](O)[C@H](NC(=O)OC(C)(C)C)[C@@H](Sc1ccccc1)c1ccccc1)C(=O)OCc1ccccc1. The molecule has 4 atom stereocenters. The number of alkyl carbamates (subject to hydrolysis) is 1. The topological polar surface area (TPSA) is 114 Å². The molecule has 0 radical (unpaired) electrons. The maximum absolute atomic E-state index is 13.6. The van der Waals surface area contributed by atoms with Crippen LogP contribution in [0.4, 0.5) is 4.79 Å². The van der Waals surface area contributed by atoms with E-state index in [1.807, 2.05) is 105 Å². The van der Waals surface area contributed by atoms with Crippen molar-refractivity contribution in [2.75, 3.05) is 0 Å². The fourth-order valence-electron chi connectivity index (χ4n) is 4.34. The number of esters is 1. The van der Waals surface area contributed by atoms with Gasteiger partial charge in [-0.15, -0.1) is 11.8 Å². The molecule has 8 nitrogen and oxygen atoms in total. The summed E-state index contributed by atoms with van der Waals surface area (Å²) in [5, 5.41) is 16.4. The predicted molar refractivity (Wildman–Crippen MR) is 168 cm³/mol. The third-order valence-corrected chi connectivity index (χ3v) is 7.65. The molecule has 0 saturated carbocycles.